The predicted octanol–water partition coefficient (Wildman–Crippen LogP) is 5.33. The highest BCUT2D eigenvalue weighted by Crippen LogP contribution is 2.65. The zero-order valence-corrected chi connectivity index (χ0v) is 17.0. The van der Waals surface area contributed by atoms with E-state index in [0.717, 1.165) is 12.5 Å². The van der Waals surface area contributed by atoms with Crippen molar-refractivity contribution in [3.05, 3.63) is 0 Å². The Morgan fingerprint density at radius 3 is 2.22 bits per heavy atom. The lowest BCUT2D eigenvalue weighted by molar-refractivity contribution is -0.195. The number of alkyl halides is 1. The van der Waals surface area contributed by atoms with Crippen LogP contribution in [-0.2, 0) is 9.47 Å². The van der Waals surface area contributed by atoms with Crippen molar-refractivity contribution >= 4 is 15.9 Å². The minimum atomic E-state index is 0.0494. The number of fused-ring (bicyclic) bond motifs is 4. The van der Waals surface area contributed by atoms with Crippen molar-refractivity contribution in [2.75, 3.05) is 6.61 Å². The first-order valence-electron chi connectivity index (χ1n) is 9.58. The van der Waals surface area contributed by atoms with Crippen LogP contribution in [0.25, 0.3) is 0 Å². The molecule has 3 heteroatoms. The molecule has 4 rings (SSSR count). The summed E-state index contributed by atoms with van der Waals surface area (Å²) in [5, 5.41) is 0. The maximum atomic E-state index is 6.57. The topological polar surface area (TPSA) is 21.8 Å². The molecular weight excluding hydrogens is 352 g/mol. The van der Waals surface area contributed by atoms with E-state index in [9.17, 15) is 0 Å². The maximum Gasteiger partial charge on any atom is 0.110 e. The van der Waals surface area contributed by atoms with Crippen molar-refractivity contribution in [2.24, 2.45) is 22.7 Å². The lowest BCUT2D eigenvalue weighted by atomic mass is 9.45. The SMILES string of the molecule is CC1(C)C(Br)CC[C@]2(C)[C@H]3CC[C@@]4(C)O[C@H]4CO[C@]3(C)CC[C@@H]12. The van der Waals surface area contributed by atoms with Gasteiger partial charge in [-0.1, -0.05) is 36.7 Å². The van der Waals surface area contributed by atoms with Gasteiger partial charge in [-0.2, -0.15) is 0 Å². The molecule has 0 amide bonds. The van der Waals surface area contributed by atoms with Crippen molar-refractivity contribution in [1.29, 1.82) is 0 Å². The molecule has 0 aromatic carbocycles. The zero-order valence-electron chi connectivity index (χ0n) is 15.5. The molecule has 7 atom stereocenters. The van der Waals surface area contributed by atoms with Gasteiger partial charge in [0.05, 0.1) is 17.8 Å². The Kier molecular flexibility index (Phi) is 3.65. The normalized spacial score (nSPS) is 58.2. The fourth-order valence-electron chi connectivity index (χ4n) is 6.70. The monoisotopic (exact) mass is 384 g/mol. The van der Waals surface area contributed by atoms with Gasteiger partial charge in [0.1, 0.15) is 6.10 Å². The molecule has 4 fully saturated rings. The molecule has 0 aromatic heterocycles. The Bertz CT molecular complexity index is 506. The number of hydrogen-bond donors (Lipinski definition) is 0. The lowest BCUT2D eigenvalue weighted by Gasteiger charge is -2.63. The van der Waals surface area contributed by atoms with Gasteiger partial charge >= 0.3 is 0 Å². The van der Waals surface area contributed by atoms with Gasteiger partial charge in [-0.25, -0.2) is 0 Å². The molecule has 2 saturated heterocycles. The van der Waals surface area contributed by atoms with E-state index in [1.54, 1.807) is 0 Å². The first-order valence-corrected chi connectivity index (χ1v) is 10.5. The summed E-state index contributed by atoms with van der Waals surface area (Å²) in [5.74, 6) is 1.45. The molecular formula is C20H33BrO2. The molecule has 2 aliphatic heterocycles. The average molecular weight is 385 g/mol. The third-order valence-electron chi connectivity index (χ3n) is 8.43. The Hall–Kier alpha value is 0.400. The Labute approximate surface area is 150 Å². The second kappa shape index (κ2) is 4.98. The van der Waals surface area contributed by atoms with Crippen LogP contribution < -0.4 is 0 Å². The number of rotatable bonds is 0. The second-order valence-electron chi connectivity index (χ2n) is 10.1. The fourth-order valence-corrected chi connectivity index (χ4v) is 7.25. The van der Waals surface area contributed by atoms with E-state index in [4.69, 9.17) is 9.47 Å². The van der Waals surface area contributed by atoms with Gasteiger partial charge in [-0.05, 0) is 75.0 Å². The quantitative estimate of drug-likeness (QED) is 0.415. The van der Waals surface area contributed by atoms with Crippen molar-refractivity contribution in [3.63, 3.8) is 0 Å². The van der Waals surface area contributed by atoms with E-state index in [0.29, 0.717) is 27.7 Å². The van der Waals surface area contributed by atoms with Crippen LogP contribution in [0.2, 0.25) is 0 Å². The van der Waals surface area contributed by atoms with Crippen molar-refractivity contribution in [2.45, 2.75) is 95.3 Å². The number of epoxide rings is 1. The summed E-state index contributed by atoms with van der Waals surface area (Å²) < 4.78 is 12.5. The van der Waals surface area contributed by atoms with Gasteiger partial charge in [0.2, 0.25) is 0 Å². The molecule has 2 aliphatic carbocycles. The molecule has 0 bridgehead atoms. The molecule has 2 heterocycles. The largest absolute Gasteiger partial charge is 0.372 e. The summed E-state index contributed by atoms with van der Waals surface area (Å²) in [6.07, 6.45) is 7.97. The van der Waals surface area contributed by atoms with Crippen LogP contribution in [0.3, 0.4) is 0 Å². The van der Waals surface area contributed by atoms with E-state index in [-0.39, 0.29) is 11.2 Å². The summed E-state index contributed by atoms with van der Waals surface area (Å²) in [7, 11) is 0. The average Bonchev–Trinajstić information content (AvgIpc) is 3.09. The van der Waals surface area contributed by atoms with Gasteiger partial charge in [-0.3, -0.25) is 0 Å². The summed E-state index contributed by atoms with van der Waals surface area (Å²) in [6, 6.07) is 0. The molecule has 0 N–H and O–H groups in total. The third kappa shape index (κ3) is 2.32. The molecule has 1 unspecified atom stereocenters. The first-order chi connectivity index (χ1) is 10.6. The standard InChI is InChI=1S/C20H33BrO2/c1-17(2)13-6-10-19(4)14(18(13,3)9-8-15(17)21)7-11-20(5)16(23-20)12-22-19/h13-16H,6-12H2,1-5H3/t13-,14+,15?,16-,18-,19+,20+/m0/s1. The van der Waals surface area contributed by atoms with Crippen LogP contribution in [0.15, 0.2) is 0 Å². The van der Waals surface area contributed by atoms with Crippen molar-refractivity contribution in [1.82, 2.24) is 0 Å². The minimum Gasteiger partial charge on any atom is -0.372 e. The molecule has 2 nitrogen and oxygen atoms in total. The molecule has 0 radical (unpaired) electrons. The van der Waals surface area contributed by atoms with Gasteiger partial charge in [0.25, 0.3) is 0 Å². The highest BCUT2D eigenvalue weighted by atomic mass is 79.9. The van der Waals surface area contributed by atoms with E-state index in [1.165, 1.54) is 38.5 Å². The molecule has 2 saturated carbocycles. The van der Waals surface area contributed by atoms with E-state index in [2.05, 4.69) is 50.5 Å². The smallest absolute Gasteiger partial charge is 0.110 e. The van der Waals surface area contributed by atoms with Gasteiger partial charge in [0.15, 0.2) is 0 Å². The third-order valence-corrected chi connectivity index (χ3v) is 10.1. The Morgan fingerprint density at radius 1 is 0.826 bits per heavy atom. The van der Waals surface area contributed by atoms with E-state index < -0.39 is 0 Å². The van der Waals surface area contributed by atoms with Crippen LogP contribution in [0.1, 0.15) is 73.1 Å². The Balaban J connectivity index is 1.68. The molecule has 0 spiro atoms. The number of halogens is 1. The predicted molar refractivity (Wildman–Crippen MR) is 96.9 cm³/mol. The fraction of sp³-hybridized carbons (Fsp3) is 1.00. The Morgan fingerprint density at radius 2 is 1.48 bits per heavy atom. The molecule has 0 aromatic rings. The maximum absolute atomic E-state index is 6.57. The van der Waals surface area contributed by atoms with Crippen LogP contribution in [0.4, 0.5) is 0 Å². The van der Waals surface area contributed by atoms with Gasteiger partial charge < -0.3 is 9.47 Å². The number of ether oxygens (including phenoxy) is 2. The zero-order chi connectivity index (χ0) is 16.7. The molecule has 132 valence electrons. The second-order valence-corrected chi connectivity index (χ2v) is 11.2. The van der Waals surface area contributed by atoms with Crippen molar-refractivity contribution < 1.29 is 9.47 Å². The summed E-state index contributed by atoms with van der Waals surface area (Å²) in [5.41, 5.74) is 0.929. The summed E-state index contributed by atoms with van der Waals surface area (Å²) in [6.45, 7) is 13.0. The van der Waals surface area contributed by atoms with Crippen LogP contribution in [0, 0.1) is 22.7 Å². The van der Waals surface area contributed by atoms with E-state index >= 15 is 0 Å². The van der Waals surface area contributed by atoms with Crippen LogP contribution >= 0.6 is 15.9 Å². The van der Waals surface area contributed by atoms with Crippen LogP contribution in [0.5, 0.6) is 0 Å². The molecule has 23 heavy (non-hydrogen) atoms. The van der Waals surface area contributed by atoms with Gasteiger partial charge in [0, 0.05) is 4.83 Å². The van der Waals surface area contributed by atoms with Crippen molar-refractivity contribution in [3.8, 4) is 0 Å². The lowest BCUT2D eigenvalue weighted by Crippen LogP contribution is -2.61. The van der Waals surface area contributed by atoms with E-state index in [1.807, 2.05) is 0 Å². The highest BCUT2D eigenvalue weighted by molar-refractivity contribution is 9.09. The van der Waals surface area contributed by atoms with Crippen LogP contribution in [-0.4, -0.2) is 28.7 Å². The minimum absolute atomic E-state index is 0.0494. The summed E-state index contributed by atoms with van der Waals surface area (Å²) in [4.78, 5) is 0.653. The highest BCUT2D eigenvalue weighted by Gasteiger charge is 2.63. The number of hydrogen-bond acceptors (Lipinski definition) is 2. The first kappa shape index (κ1) is 16.8. The van der Waals surface area contributed by atoms with Gasteiger partial charge in [-0.15, -0.1) is 0 Å². The summed E-state index contributed by atoms with van der Waals surface area (Å²) >= 11 is 4.00. The molecule has 4 aliphatic rings.